The number of rotatable bonds is 11. The van der Waals surface area contributed by atoms with E-state index < -0.39 is 12.0 Å². The Labute approximate surface area is 164 Å². The SMILES string of the molecule is CCC.CCC(C)C(C(CC(N)=O)OC)N(C)C(=O)CNC(=O)CN(C)C. The highest BCUT2D eigenvalue weighted by Gasteiger charge is 2.33. The third kappa shape index (κ3) is 12.4. The Morgan fingerprint density at radius 1 is 1.11 bits per heavy atom. The van der Waals surface area contributed by atoms with E-state index in [9.17, 15) is 14.4 Å². The summed E-state index contributed by atoms with van der Waals surface area (Å²) >= 11 is 0. The van der Waals surface area contributed by atoms with Gasteiger partial charge in [0.15, 0.2) is 0 Å². The summed E-state index contributed by atoms with van der Waals surface area (Å²) in [6.07, 6.45) is 1.62. The van der Waals surface area contributed by atoms with Gasteiger partial charge in [-0.3, -0.25) is 14.4 Å². The molecular formula is C19H40N4O4. The Hall–Kier alpha value is -1.67. The summed E-state index contributed by atoms with van der Waals surface area (Å²) in [5, 5.41) is 2.60. The highest BCUT2D eigenvalue weighted by Crippen LogP contribution is 2.21. The summed E-state index contributed by atoms with van der Waals surface area (Å²) in [6, 6.07) is -0.300. The first-order valence-electron chi connectivity index (χ1n) is 9.53. The van der Waals surface area contributed by atoms with Gasteiger partial charge in [0.2, 0.25) is 17.7 Å². The smallest absolute Gasteiger partial charge is 0.242 e. The van der Waals surface area contributed by atoms with E-state index in [0.717, 1.165) is 6.42 Å². The fraction of sp³-hybridized carbons (Fsp3) is 0.842. The first-order chi connectivity index (χ1) is 12.5. The van der Waals surface area contributed by atoms with Gasteiger partial charge < -0.3 is 25.6 Å². The fourth-order valence-corrected chi connectivity index (χ4v) is 2.59. The molecule has 3 unspecified atom stereocenters. The van der Waals surface area contributed by atoms with Gasteiger partial charge in [-0.15, -0.1) is 0 Å². The lowest BCUT2D eigenvalue weighted by Gasteiger charge is -2.37. The molecule has 0 spiro atoms. The van der Waals surface area contributed by atoms with Crippen LogP contribution in [0.25, 0.3) is 0 Å². The van der Waals surface area contributed by atoms with Crippen LogP contribution >= 0.6 is 0 Å². The van der Waals surface area contributed by atoms with Crippen molar-refractivity contribution in [2.75, 3.05) is 41.3 Å². The molecule has 0 aromatic heterocycles. The van der Waals surface area contributed by atoms with Crippen LogP contribution in [-0.4, -0.2) is 81.0 Å². The van der Waals surface area contributed by atoms with Crippen molar-refractivity contribution in [2.24, 2.45) is 11.7 Å². The number of methoxy groups -OCH3 is 1. The minimum absolute atomic E-state index is 0.0378. The van der Waals surface area contributed by atoms with Crippen molar-refractivity contribution in [2.45, 2.75) is 59.1 Å². The predicted molar refractivity (Wildman–Crippen MR) is 108 cm³/mol. The highest BCUT2D eigenvalue weighted by atomic mass is 16.5. The van der Waals surface area contributed by atoms with Crippen LogP contribution in [0.3, 0.4) is 0 Å². The lowest BCUT2D eigenvalue weighted by molar-refractivity contribution is -0.139. The van der Waals surface area contributed by atoms with E-state index in [1.807, 2.05) is 13.8 Å². The van der Waals surface area contributed by atoms with E-state index in [1.54, 1.807) is 30.9 Å². The number of nitrogens with zero attached hydrogens (tertiary/aromatic N) is 2. The largest absolute Gasteiger partial charge is 0.379 e. The van der Waals surface area contributed by atoms with Gasteiger partial charge in [0.05, 0.1) is 31.7 Å². The van der Waals surface area contributed by atoms with Gasteiger partial charge >= 0.3 is 0 Å². The van der Waals surface area contributed by atoms with Crippen LogP contribution in [0.1, 0.15) is 47.0 Å². The maximum absolute atomic E-state index is 12.4. The van der Waals surface area contributed by atoms with Crippen molar-refractivity contribution in [1.29, 1.82) is 0 Å². The molecule has 0 aliphatic rings. The molecule has 8 nitrogen and oxygen atoms in total. The molecule has 0 heterocycles. The average Bonchev–Trinajstić information content (AvgIpc) is 2.58. The van der Waals surface area contributed by atoms with Crippen molar-refractivity contribution < 1.29 is 19.1 Å². The maximum Gasteiger partial charge on any atom is 0.242 e. The monoisotopic (exact) mass is 388 g/mol. The molecule has 27 heavy (non-hydrogen) atoms. The maximum atomic E-state index is 12.4. The van der Waals surface area contributed by atoms with Crippen LogP contribution in [0.2, 0.25) is 0 Å². The zero-order chi connectivity index (χ0) is 21.6. The minimum Gasteiger partial charge on any atom is -0.379 e. The molecule has 0 radical (unpaired) electrons. The van der Waals surface area contributed by atoms with E-state index in [2.05, 4.69) is 19.2 Å². The molecule has 0 aliphatic heterocycles. The van der Waals surface area contributed by atoms with Gasteiger partial charge in [0, 0.05) is 14.2 Å². The van der Waals surface area contributed by atoms with Gasteiger partial charge in [-0.05, 0) is 20.0 Å². The fourth-order valence-electron chi connectivity index (χ4n) is 2.59. The number of nitrogens with two attached hydrogens (primary N) is 1. The lowest BCUT2D eigenvalue weighted by atomic mass is 9.91. The molecule has 0 aromatic rings. The summed E-state index contributed by atoms with van der Waals surface area (Å²) in [5.74, 6) is -0.822. The van der Waals surface area contributed by atoms with E-state index in [4.69, 9.17) is 10.5 Å². The molecule has 0 aliphatic carbocycles. The molecular weight excluding hydrogens is 348 g/mol. The van der Waals surface area contributed by atoms with E-state index >= 15 is 0 Å². The van der Waals surface area contributed by atoms with Crippen LogP contribution < -0.4 is 11.1 Å². The number of hydrogen-bond donors (Lipinski definition) is 2. The van der Waals surface area contributed by atoms with Crippen LogP contribution in [0, 0.1) is 5.92 Å². The number of likely N-dealkylation sites (N-methyl/N-ethyl adjacent to an activating group) is 2. The first kappa shape index (κ1) is 27.5. The zero-order valence-electron chi connectivity index (χ0n) is 18.4. The van der Waals surface area contributed by atoms with Crippen molar-refractivity contribution in [3.8, 4) is 0 Å². The van der Waals surface area contributed by atoms with Crippen LogP contribution in [-0.2, 0) is 19.1 Å². The van der Waals surface area contributed by atoms with Crippen LogP contribution in [0.15, 0.2) is 0 Å². The topological polar surface area (TPSA) is 105 Å². The molecule has 0 bridgehead atoms. The van der Waals surface area contributed by atoms with Crippen LogP contribution in [0.4, 0.5) is 0 Å². The summed E-state index contributed by atoms with van der Waals surface area (Å²) in [5.41, 5.74) is 5.29. The summed E-state index contributed by atoms with van der Waals surface area (Å²) in [7, 11) is 6.71. The zero-order valence-corrected chi connectivity index (χ0v) is 18.4. The second-order valence-electron chi connectivity index (χ2n) is 7.05. The second-order valence-corrected chi connectivity index (χ2v) is 7.05. The summed E-state index contributed by atoms with van der Waals surface area (Å²) in [6.45, 7) is 8.37. The Morgan fingerprint density at radius 2 is 1.63 bits per heavy atom. The van der Waals surface area contributed by atoms with Crippen molar-refractivity contribution in [1.82, 2.24) is 15.1 Å². The highest BCUT2D eigenvalue weighted by molar-refractivity contribution is 5.85. The molecule has 0 saturated heterocycles. The van der Waals surface area contributed by atoms with Gasteiger partial charge in [-0.25, -0.2) is 0 Å². The Bertz CT molecular complexity index is 443. The number of amides is 3. The van der Waals surface area contributed by atoms with E-state index in [-0.39, 0.29) is 43.3 Å². The molecule has 160 valence electrons. The lowest BCUT2D eigenvalue weighted by Crippen LogP contribution is -2.52. The molecule has 0 saturated carbocycles. The number of nitrogens with one attached hydrogen (secondary N) is 1. The number of ether oxygens (including phenoxy) is 1. The molecule has 0 fully saturated rings. The summed E-state index contributed by atoms with van der Waals surface area (Å²) in [4.78, 5) is 38.6. The van der Waals surface area contributed by atoms with Gasteiger partial charge in [0.25, 0.3) is 0 Å². The molecule has 8 heteroatoms. The van der Waals surface area contributed by atoms with Crippen molar-refractivity contribution in [3.63, 3.8) is 0 Å². The predicted octanol–water partition coefficient (Wildman–Crippen LogP) is 0.844. The van der Waals surface area contributed by atoms with Crippen molar-refractivity contribution in [3.05, 3.63) is 0 Å². The Morgan fingerprint density at radius 3 is 2.00 bits per heavy atom. The third-order valence-electron chi connectivity index (χ3n) is 4.05. The molecule has 0 rings (SSSR count). The normalized spacial score (nSPS) is 13.8. The molecule has 3 atom stereocenters. The third-order valence-corrected chi connectivity index (χ3v) is 4.05. The standard InChI is InChI=1S/C16H32N4O4.C3H8/c1-7-11(2)16(12(24-6)8-13(17)21)20(5)15(23)9-18-14(22)10-19(3)4;1-3-2/h11-12,16H,7-10H2,1-6H3,(H2,17,21)(H,18,22);3H2,1-2H3. The number of primary amides is 1. The Balaban J connectivity index is 0. The quantitative estimate of drug-likeness (QED) is 0.546. The second kappa shape index (κ2) is 15.4. The van der Waals surface area contributed by atoms with Gasteiger partial charge in [-0.1, -0.05) is 40.5 Å². The summed E-state index contributed by atoms with van der Waals surface area (Å²) < 4.78 is 5.41. The average molecular weight is 389 g/mol. The van der Waals surface area contributed by atoms with E-state index in [1.165, 1.54) is 13.5 Å². The van der Waals surface area contributed by atoms with Crippen molar-refractivity contribution >= 4 is 17.7 Å². The van der Waals surface area contributed by atoms with Gasteiger partial charge in [-0.2, -0.15) is 0 Å². The number of carbonyl (C=O) groups is 3. The molecule has 3 amide bonds. The number of hydrogen-bond acceptors (Lipinski definition) is 5. The number of carbonyl (C=O) groups excluding carboxylic acids is 3. The first-order valence-corrected chi connectivity index (χ1v) is 9.53. The molecule has 0 aromatic carbocycles. The Kier molecular flexibility index (Phi) is 15.7. The van der Waals surface area contributed by atoms with E-state index in [0.29, 0.717) is 0 Å². The molecule has 3 N–H and O–H groups in total. The van der Waals surface area contributed by atoms with Crippen LogP contribution in [0.5, 0.6) is 0 Å². The minimum atomic E-state index is -0.483. The van der Waals surface area contributed by atoms with Gasteiger partial charge in [0.1, 0.15) is 0 Å².